The van der Waals surface area contributed by atoms with Crippen LogP contribution in [0.15, 0.2) is 564 Å². The number of anilines is 15. The maximum absolute atomic E-state index is 2.36. The van der Waals surface area contributed by atoms with Crippen LogP contribution in [0.1, 0.15) is 0 Å². The Morgan fingerprint density at radius 1 is 0.108 bits per heavy atom. The van der Waals surface area contributed by atoms with Gasteiger partial charge in [-0.25, -0.2) is 0 Å². The topological polar surface area (TPSA) is 19.4 Å². The molecule has 0 bridgehead atoms. The van der Waals surface area contributed by atoms with E-state index in [4.69, 9.17) is 0 Å². The maximum atomic E-state index is 2.36. The van der Waals surface area contributed by atoms with Gasteiger partial charge in [0.25, 0.3) is 0 Å². The smallest absolute Gasteiger partial charge is 0.0567 e. The summed E-state index contributed by atoms with van der Waals surface area (Å²) in [6.45, 7) is 0. The van der Waals surface area contributed by atoms with Crippen molar-refractivity contribution in [1.29, 1.82) is 0 Å². The van der Waals surface area contributed by atoms with Gasteiger partial charge in [0, 0.05) is 112 Å². The van der Waals surface area contributed by atoms with Gasteiger partial charge in [-0.1, -0.05) is 376 Å². The number of hydrogen-bond donors (Lipinski definition) is 0. The van der Waals surface area contributed by atoms with E-state index in [0.717, 1.165) is 79.6 Å². The van der Waals surface area contributed by atoms with Crippen LogP contribution in [0.25, 0.3) is 121 Å². The van der Waals surface area contributed by atoms with Crippen LogP contribution in [0.5, 0.6) is 0 Å². The van der Waals surface area contributed by atoms with Crippen molar-refractivity contribution in [3.63, 3.8) is 0 Å². The molecule has 0 atom stereocenters. The second kappa shape index (κ2) is 40.8. The van der Waals surface area contributed by atoms with Crippen LogP contribution >= 0.6 is 0 Å². The Hall–Kier alpha value is -18.1. The average molecular weight is 1780 g/mol. The molecule has 0 saturated carbocycles. The van der Waals surface area contributed by atoms with E-state index < -0.39 is 0 Å². The summed E-state index contributed by atoms with van der Waals surface area (Å²) in [5.74, 6) is 0. The first-order valence-electron chi connectivity index (χ1n) is 47.5. The highest BCUT2D eigenvalue weighted by atomic mass is 15.2. The minimum Gasteiger partial charge on any atom is -0.345 e. The predicted octanol–water partition coefficient (Wildman–Crippen LogP) is 37.1. The fraction of sp³-hybridized carbons (Fsp3) is 0.0226. The third-order valence-electron chi connectivity index (χ3n) is 26.2. The molecular formula is C133H102N6. The molecule has 23 rings (SSSR count). The van der Waals surface area contributed by atoms with E-state index >= 15 is 0 Å². The van der Waals surface area contributed by atoms with Gasteiger partial charge in [-0.15, -0.1) is 0 Å². The van der Waals surface area contributed by atoms with Gasteiger partial charge in [0.1, 0.15) is 0 Å². The summed E-state index contributed by atoms with van der Waals surface area (Å²) in [5, 5.41) is 10.0. The van der Waals surface area contributed by atoms with Crippen molar-refractivity contribution < 1.29 is 0 Å². The lowest BCUT2D eigenvalue weighted by molar-refractivity contribution is 1.20. The van der Waals surface area contributed by atoms with E-state index in [1.807, 2.05) is 0 Å². The molecule has 0 fully saturated rings. The maximum Gasteiger partial charge on any atom is 0.0567 e. The Kier molecular flexibility index (Phi) is 25.7. The molecular weight excluding hydrogens is 1680 g/mol. The molecule has 0 N–H and O–H groups in total. The van der Waals surface area contributed by atoms with E-state index in [1.54, 1.807) is 0 Å². The average Bonchev–Trinajstić information content (AvgIpc) is 0.760. The molecule has 6 heteroatoms. The van der Waals surface area contributed by atoms with E-state index in [2.05, 4.69) is 615 Å². The fourth-order valence-corrected chi connectivity index (χ4v) is 19.0. The summed E-state index contributed by atoms with van der Waals surface area (Å²) in [6, 6.07) is 202. The molecule has 23 aromatic rings. The monoisotopic (exact) mass is 1780 g/mol. The Balaban J connectivity index is 0.000000124. The number of fused-ring (bicyclic) bond motifs is 4. The first-order valence-corrected chi connectivity index (χ1v) is 47.5. The van der Waals surface area contributed by atoms with Gasteiger partial charge in [-0.05, 0) is 298 Å². The van der Waals surface area contributed by atoms with Gasteiger partial charge in [-0.2, -0.15) is 0 Å². The predicted molar refractivity (Wildman–Crippen MR) is 595 cm³/mol. The molecule has 0 unspecified atom stereocenters. The van der Waals surface area contributed by atoms with Crippen LogP contribution in [-0.2, 0) is 0 Å². The summed E-state index contributed by atoms with van der Waals surface area (Å²) in [4.78, 5) is 13.9. The van der Waals surface area contributed by atoms with E-state index in [0.29, 0.717) is 0 Å². The molecule has 0 spiro atoms. The van der Waals surface area contributed by atoms with Crippen LogP contribution in [0.2, 0.25) is 0 Å². The lowest BCUT2D eigenvalue weighted by Gasteiger charge is -2.28. The van der Waals surface area contributed by atoms with Crippen molar-refractivity contribution in [2.45, 2.75) is 0 Å². The number of nitrogens with zero attached hydrogens (tertiary/aromatic N) is 6. The normalized spacial score (nSPS) is 11.0. The largest absolute Gasteiger partial charge is 0.345 e. The highest BCUT2D eigenvalue weighted by molar-refractivity contribution is 6.13. The third-order valence-corrected chi connectivity index (χ3v) is 26.2. The van der Waals surface area contributed by atoms with Gasteiger partial charge < -0.3 is 29.4 Å². The molecule has 0 aliphatic rings. The van der Waals surface area contributed by atoms with Crippen LogP contribution in [0, 0.1) is 0 Å². The van der Waals surface area contributed by atoms with Crippen molar-refractivity contribution in [3.8, 4) is 77.9 Å². The number of rotatable bonds is 22. The molecule has 0 aliphatic heterocycles. The Morgan fingerprint density at radius 3 is 0.576 bits per heavy atom. The molecule has 0 aromatic heterocycles. The minimum absolute atomic E-state index is 1.10. The van der Waals surface area contributed by atoms with Gasteiger partial charge in [-0.3, -0.25) is 0 Å². The van der Waals surface area contributed by atoms with Crippen molar-refractivity contribution in [2.24, 2.45) is 0 Å². The first kappa shape index (κ1) is 87.5. The van der Waals surface area contributed by atoms with Crippen molar-refractivity contribution in [2.75, 3.05) is 50.5 Å². The highest BCUT2D eigenvalue weighted by Crippen LogP contribution is 2.47. The van der Waals surface area contributed by atoms with Gasteiger partial charge >= 0.3 is 0 Å². The molecule has 0 saturated heterocycles. The quantitative estimate of drug-likeness (QED) is 0.0626. The van der Waals surface area contributed by atoms with Crippen molar-refractivity contribution in [1.82, 2.24) is 0 Å². The van der Waals surface area contributed by atoms with E-state index in [9.17, 15) is 0 Å². The Bertz CT molecular complexity index is 7840. The molecule has 0 radical (unpaired) electrons. The second-order valence-electron chi connectivity index (χ2n) is 35.0. The summed E-state index contributed by atoms with van der Waals surface area (Å²) in [5.41, 5.74) is 33.6. The molecule has 0 aliphatic carbocycles. The molecule has 0 heterocycles. The van der Waals surface area contributed by atoms with Crippen LogP contribution < -0.4 is 29.4 Å². The third kappa shape index (κ3) is 19.6. The SMILES string of the molecule is CN(c1ccc(N(c2cccc(-c3ccccc3)c2)c2cccc(-c3ccccc3)c2)cc1)c1c2ccccc2cc2ccccc12.CN(c1ccc(N(c2cccc(-c3ccccc3)c2)c2cccc(-c3ccccc3)c2)cc1)c1ccc2cc3ccccc3cc2c1.CN(c1ccc(N(c2cccc(-c3ccccc3)c2)c2cccc(-c3ccccc3)c2)cc1)c1cccc(-c2ccccc2)c1. The fourth-order valence-electron chi connectivity index (χ4n) is 19.0. The number of benzene rings is 23. The summed E-state index contributed by atoms with van der Waals surface area (Å²) in [7, 11) is 6.44. The molecule has 139 heavy (non-hydrogen) atoms. The summed E-state index contributed by atoms with van der Waals surface area (Å²) >= 11 is 0. The summed E-state index contributed by atoms with van der Waals surface area (Å²) in [6.07, 6.45) is 0. The van der Waals surface area contributed by atoms with E-state index in [1.165, 1.54) is 127 Å². The van der Waals surface area contributed by atoms with Crippen molar-refractivity contribution >= 4 is 128 Å². The van der Waals surface area contributed by atoms with Crippen LogP contribution in [0.3, 0.4) is 0 Å². The lowest BCUT2D eigenvalue weighted by Crippen LogP contribution is -2.12. The molecule has 23 aromatic carbocycles. The van der Waals surface area contributed by atoms with Gasteiger partial charge in [0.05, 0.1) is 5.69 Å². The van der Waals surface area contributed by atoms with Gasteiger partial charge in [0.2, 0.25) is 0 Å². The molecule has 664 valence electrons. The standard InChI is InChI=1S/2C45H34N2.C43H34N2/c1-46(45-43-24-10-8-18-37(43)30-38-19-9-11-25-44(38)45)39-26-28-40(29-27-39)47(41-22-12-20-35(31-41)33-14-4-2-5-15-33)42-23-13-21-36(32-42)34-16-6-3-7-17-34;1-46(43-23-22-39-28-35-16-8-9-17-36(35)29-40(39)32-43)41-24-26-42(27-25-41)47(44-20-10-18-37(30-44)33-12-4-2-5-13-33)45-21-11-19-38(31-45)34-14-6-3-7-15-34;1-44(41-23-11-20-36(30-41)33-14-5-2-6-15-33)39-26-28-40(29-27-39)45(42-24-12-21-37(31-42)34-16-7-3-8-17-34)43-25-13-22-38(32-43)35-18-9-4-10-19-35/h2*2-32H,1H3;2-32H,1H3. The minimum atomic E-state index is 1.10. The van der Waals surface area contributed by atoms with Crippen LogP contribution in [0.4, 0.5) is 85.3 Å². The summed E-state index contributed by atoms with van der Waals surface area (Å²) < 4.78 is 0. The molecule has 0 amide bonds. The highest BCUT2D eigenvalue weighted by Gasteiger charge is 2.23. The van der Waals surface area contributed by atoms with E-state index in [-0.39, 0.29) is 0 Å². The van der Waals surface area contributed by atoms with Gasteiger partial charge in [0.15, 0.2) is 0 Å². The zero-order chi connectivity index (χ0) is 93.6. The zero-order valence-corrected chi connectivity index (χ0v) is 77.9. The first-order chi connectivity index (χ1) is 68.6. The second-order valence-corrected chi connectivity index (χ2v) is 35.0. The number of hydrogen-bond acceptors (Lipinski definition) is 6. The van der Waals surface area contributed by atoms with Crippen molar-refractivity contribution in [3.05, 3.63) is 564 Å². The Labute approximate surface area is 815 Å². The molecule has 6 nitrogen and oxygen atoms in total. The lowest BCUT2D eigenvalue weighted by atomic mass is 10.00. The Morgan fingerprint density at radius 2 is 0.295 bits per heavy atom. The zero-order valence-electron chi connectivity index (χ0n) is 77.9. The van der Waals surface area contributed by atoms with Crippen LogP contribution in [-0.4, -0.2) is 21.1 Å².